The third-order valence-electron chi connectivity index (χ3n) is 5.10. The zero-order valence-corrected chi connectivity index (χ0v) is 18.1. The number of rotatable bonds is 6. The number of piperidine rings is 1. The SMILES string of the molecule is Cc1cc(C(=O)CCC(=O)N2CCC(C(=O)Nc3ccc(Cl)cn3)CC2)c(C)s1. The van der Waals surface area contributed by atoms with Crippen LogP contribution in [-0.2, 0) is 9.59 Å². The van der Waals surface area contributed by atoms with E-state index in [0.29, 0.717) is 36.8 Å². The number of halogens is 1. The second-order valence-corrected chi connectivity index (χ2v) is 9.15. The van der Waals surface area contributed by atoms with Crippen molar-refractivity contribution in [2.24, 2.45) is 5.92 Å². The molecule has 2 amide bonds. The fraction of sp³-hybridized carbons (Fsp3) is 0.429. The molecule has 0 unspecified atom stereocenters. The summed E-state index contributed by atoms with van der Waals surface area (Å²) in [6.45, 7) is 4.95. The lowest BCUT2D eigenvalue weighted by Crippen LogP contribution is -2.41. The molecule has 0 saturated carbocycles. The maximum Gasteiger partial charge on any atom is 0.228 e. The molecular formula is C21H24ClN3O3S. The van der Waals surface area contributed by atoms with Crippen LogP contribution < -0.4 is 5.32 Å². The minimum Gasteiger partial charge on any atom is -0.343 e. The third-order valence-corrected chi connectivity index (χ3v) is 6.29. The molecule has 1 aliphatic rings. The fourth-order valence-electron chi connectivity index (χ4n) is 3.49. The molecule has 0 aromatic carbocycles. The van der Waals surface area contributed by atoms with Gasteiger partial charge in [-0.05, 0) is 44.9 Å². The summed E-state index contributed by atoms with van der Waals surface area (Å²) in [5.41, 5.74) is 0.728. The highest BCUT2D eigenvalue weighted by Crippen LogP contribution is 2.23. The van der Waals surface area contributed by atoms with Gasteiger partial charge >= 0.3 is 0 Å². The number of carbonyl (C=O) groups excluding carboxylic acids is 3. The number of anilines is 1. The second kappa shape index (κ2) is 9.50. The molecule has 0 aliphatic carbocycles. The maximum absolute atomic E-state index is 12.5. The van der Waals surface area contributed by atoms with Crippen molar-refractivity contribution in [3.63, 3.8) is 0 Å². The first kappa shape index (κ1) is 21.5. The van der Waals surface area contributed by atoms with Gasteiger partial charge in [-0.15, -0.1) is 11.3 Å². The molecule has 2 aromatic rings. The average Bonchev–Trinajstić information content (AvgIpc) is 3.05. The Hall–Kier alpha value is -2.25. The van der Waals surface area contributed by atoms with Gasteiger partial charge in [-0.25, -0.2) is 4.98 Å². The number of hydrogen-bond acceptors (Lipinski definition) is 5. The monoisotopic (exact) mass is 433 g/mol. The number of pyridine rings is 1. The number of aromatic nitrogens is 1. The summed E-state index contributed by atoms with van der Waals surface area (Å²) in [6.07, 6.45) is 3.11. The summed E-state index contributed by atoms with van der Waals surface area (Å²) < 4.78 is 0. The van der Waals surface area contributed by atoms with Gasteiger partial charge in [0.15, 0.2) is 5.78 Å². The summed E-state index contributed by atoms with van der Waals surface area (Å²) in [4.78, 5) is 45.2. The van der Waals surface area contributed by atoms with E-state index < -0.39 is 0 Å². The van der Waals surface area contributed by atoms with Gasteiger partial charge in [0, 0.05) is 53.4 Å². The number of aryl methyl sites for hydroxylation is 2. The molecule has 1 fully saturated rings. The molecule has 0 spiro atoms. The number of Topliss-reactive ketones (excluding diaryl/α,β-unsaturated/α-hetero) is 1. The van der Waals surface area contributed by atoms with Crippen LogP contribution in [-0.4, -0.2) is 40.6 Å². The summed E-state index contributed by atoms with van der Waals surface area (Å²) in [6, 6.07) is 5.23. The molecule has 2 aromatic heterocycles. The summed E-state index contributed by atoms with van der Waals surface area (Å²) in [5.74, 6) is 0.210. The van der Waals surface area contributed by atoms with E-state index in [2.05, 4.69) is 10.3 Å². The molecular weight excluding hydrogens is 410 g/mol. The topological polar surface area (TPSA) is 79.4 Å². The molecule has 29 heavy (non-hydrogen) atoms. The lowest BCUT2D eigenvalue weighted by Gasteiger charge is -2.31. The standard InChI is InChI=1S/C21H24ClN3O3S/c1-13-11-17(14(2)29-13)18(26)4-6-20(27)25-9-7-15(8-10-25)21(28)24-19-5-3-16(22)12-23-19/h3,5,11-12,15H,4,6-10H2,1-2H3,(H,23,24,28). The Morgan fingerprint density at radius 2 is 1.93 bits per heavy atom. The molecule has 3 heterocycles. The smallest absolute Gasteiger partial charge is 0.228 e. The van der Waals surface area contributed by atoms with Gasteiger partial charge in [0.05, 0.1) is 5.02 Å². The lowest BCUT2D eigenvalue weighted by atomic mass is 9.95. The summed E-state index contributed by atoms with van der Waals surface area (Å²) >= 11 is 7.40. The quantitative estimate of drug-likeness (QED) is 0.690. The Morgan fingerprint density at radius 1 is 1.21 bits per heavy atom. The van der Waals surface area contributed by atoms with Crippen LogP contribution in [0.15, 0.2) is 24.4 Å². The molecule has 1 N–H and O–H groups in total. The zero-order chi connectivity index (χ0) is 21.0. The van der Waals surface area contributed by atoms with Crippen molar-refractivity contribution in [2.45, 2.75) is 39.5 Å². The Labute approximate surface area is 179 Å². The first-order valence-corrected chi connectivity index (χ1v) is 10.8. The number of likely N-dealkylation sites (tertiary alicyclic amines) is 1. The molecule has 0 radical (unpaired) electrons. The largest absolute Gasteiger partial charge is 0.343 e. The van der Waals surface area contributed by atoms with E-state index in [0.717, 1.165) is 15.3 Å². The van der Waals surface area contributed by atoms with E-state index in [9.17, 15) is 14.4 Å². The van der Waals surface area contributed by atoms with Gasteiger partial charge in [-0.2, -0.15) is 0 Å². The third kappa shape index (κ3) is 5.64. The average molecular weight is 434 g/mol. The van der Waals surface area contributed by atoms with Gasteiger partial charge in [-0.1, -0.05) is 11.6 Å². The molecule has 3 rings (SSSR count). The minimum absolute atomic E-state index is 0.0185. The van der Waals surface area contributed by atoms with Crippen LogP contribution in [0.3, 0.4) is 0 Å². The lowest BCUT2D eigenvalue weighted by molar-refractivity contribution is -0.134. The predicted octanol–water partition coefficient (Wildman–Crippen LogP) is 4.25. The molecule has 1 aliphatic heterocycles. The molecule has 154 valence electrons. The van der Waals surface area contributed by atoms with E-state index in [1.54, 1.807) is 28.4 Å². The summed E-state index contributed by atoms with van der Waals surface area (Å²) in [5, 5.41) is 3.30. The fourth-order valence-corrected chi connectivity index (χ4v) is 4.54. The molecule has 0 bridgehead atoms. The van der Waals surface area contributed by atoms with Gasteiger partial charge in [0.1, 0.15) is 5.82 Å². The van der Waals surface area contributed by atoms with Crippen LogP contribution >= 0.6 is 22.9 Å². The van der Waals surface area contributed by atoms with Gasteiger partial charge in [0.25, 0.3) is 0 Å². The zero-order valence-electron chi connectivity index (χ0n) is 16.5. The van der Waals surface area contributed by atoms with Crippen LogP contribution in [0.25, 0.3) is 0 Å². The highest BCUT2D eigenvalue weighted by molar-refractivity contribution is 7.12. The Kier molecular flexibility index (Phi) is 7.03. The molecule has 6 nitrogen and oxygen atoms in total. The second-order valence-electron chi connectivity index (χ2n) is 7.26. The molecule has 1 saturated heterocycles. The van der Waals surface area contributed by atoms with E-state index in [4.69, 9.17) is 11.6 Å². The highest BCUT2D eigenvalue weighted by Gasteiger charge is 2.27. The molecule has 8 heteroatoms. The summed E-state index contributed by atoms with van der Waals surface area (Å²) in [7, 11) is 0. The van der Waals surface area contributed by atoms with Crippen LogP contribution in [0.4, 0.5) is 5.82 Å². The van der Waals surface area contributed by atoms with E-state index in [1.807, 2.05) is 19.9 Å². The number of ketones is 1. The van der Waals surface area contributed by atoms with Crippen molar-refractivity contribution in [1.29, 1.82) is 0 Å². The highest BCUT2D eigenvalue weighted by atomic mass is 35.5. The number of carbonyl (C=O) groups is 3. The van der Waals surface area contributed by atoms with Gasteiger partial charge in [-0.3, -0.25) is 14.4 Å². The molecule has 0 atom stereocenters. The van der Waals surface area contributed by atoms with E-state index >= 15 is 0 Å². The van der Waals surface area contributed by atoms with Crippen molar-refractivity contribution in [3.05, 3.63) is 44.7 Å². The van der Waals surface area contributed by atoms with Gasteiger partial charge < -0.3 is 10.2 Å². The van der Waals surface area contributed by atoms with Gasteiger partial charge in [0.2, 0.25) is 11.8 Å². The number of nitrogens with zero attached hydrogens (tertiary/aromatic N) is 2. The number of amides is 2. The minimum atomic E-state index is -0.158. The van der Waals surface area contributed by atoms with E-state index in [-0.39, 0.29) is 36.4 Å². The first-order chi connectivity index (χ1) is 13.8. The Bertz CT molecular complexity index is 902. The van der Waals surface area contributed by atoms with Crippen LogP contribution in [0.5, 0.6) is 0 Å². The normalized spacial score (nSPS) is 14.7. The number of hydrogen-bond donors (Lipinski definition) is 1. The van der Waals surface area contributed by atoms with Crippen LogP contribution in [0, 0.1) is 19.8 Å². The van der Waals surface area contributed by atoms with Crippen LogP contribution in [0.1, 0.15) is 45.8 Å². The van der Waals surface area contributed by atoms with E-state index in [1.165, 1.54) is 6.20 Å². The van der Waals surface area contributed by atoms with Crippen molar-refractivity contribution in [2.75, 3.05) is 18.4 Å². The number of thiophene rings is 1. The maximum atomic E-state index is 12.5. The first-order valence-electron chi connectivity index (χ1n) is 9.64. The van der Waals surface area contributed by atoms with Crippen molar-refractivity contribution in [3.8, 4) is 0 Å². The van der Waals surface area contributed by atoms with Crippen LogP contribution in [0.2, 0.25) is 5.02 Å². The Morgan fingerprint density at radius 3 is 2.52 bits per heavy atom. The van der Waals surface area contributed by atoms with Crippen molar-refractivity contribution >= 4 is 46.4 Å². The van der Waals surface area contributed by atoms with Crippen molar-refractivity contribution in [1.82, 2.24) is 9.88 Å². The Balaban J connectivity index is 1.44. The number of nitrogens with one attached hydrogen (secondary N) is 1. The van der Waals surface area contributed by atoms with Crippen molar-refractivity contribution < 1.29 is 14.4 Å². The predicted molar refractivity (Wildman–Crippen MR) is 115 cm³/mol.